The van der Waals surface area contributed by atoms with E-state index in [9.17, 15) is 0 Å². The van der Waals surface area contributed by atoms with Crippen molar-refractivity contribution in [2.24, 2.45) is 0 Å². The van der Waals surface area contributed by atoms with Crippen molar-refractivity contribution in [3.05, 3.63) is 141 Å². The molecule has 0 saturated heterocycles. The second-order valence-corrected chi connectivity index (χ2v) is 12.1. The normalized spacial score (nSPS) is 11.1. The smallest absolute Gasteiger partial charge is 0.126 e. The van der Waals surface area contributed by atoms with Crippen molar-refractivity contribution in [1.82, 2.24) is 0 Å². The molecule has 0 fully saturated rings. The van der Waals surface area contributed by atoms with Crippen LogP contribution >= 0.6 is 0 Å². The Morgan fingerprint density at radius 2 is 0.688 bits per heavy atom. The summed E-state index contributed by atoms with van der Waals surface area (Å²) in [6.45, 7) is 8.52. The average Bonchev–Trinajstić information content (AvgIpc) is 3.11. The van der Waals surface area contributed by atoms with E-state index in [0.717, 1.165) is 62.3 Å². The molecule has 0 bridgehead atoms. The molecule has 0 spiro atoms. The highest BCUT2D eigenvalue weighted by Gasteiger charge is 2.27. The molecular formula is C42H46O6. The summed E-state index contributed by atoms with van der Waals surface area (Å²) in [4.78, 5) is 0. The lowest BCUT2D eigenvalue weighted by Crippen LogP contribution is -2.11. The van der Waals surface area contributed by atoms with Crippen LogP contribution in [0.25, 0.3) is 0 Å². The van der Waals surface area contributed by atoms with Crippen molar-refractivity contribution in [1.29, 1.82) is 0 Å². The zero-order valence-electron chi connectivity index (χ0n) is 29.7. The van der Waals surface area contributed by atoms with Crippen molar-refractivity contribution >= 4 is 0 Å². The minimum Gasteiger partial charge on any atom is -0.497 e. The Morgan fingerprint density at radius 1 is 0.333 bits per heavy atom. The van der Waals surface area contributed by atoms with Gasteiger partial charge in [-0.1, -0.05) is 48.5 Å². The highest BCUT2D eigenvalue weighted by Crippen LogP contribution is 2.45. The number of hydrogen-bond acceptors (Lipinski definition) is 6. The van der Waals surface area contributed by atoms with Gasteiger partial charge in [-0.3, -0.25) is 0 Å². The summed E-state index contributed by atoms with van der Waals surface area (Å²) in [6.07, 6.45) is 0. The third-order valence-corrected chi connectivity index (χ3v) is 9.30. The highest BCUT2D eigenvalue weighted by atomic mass is 16.5. The van der Waals surface area contributed by atoms with E-state index in [4.69, 9.17) is 28.4 Å². The summed E-state index contributed by atoms with van der Waals surface area (Å²) in [5.74, 6) is 4.47. The number of aryl methyl sites for hydroxylation is 4. The van der Waals surface area contributed by atoms with Crippen LogP contribution < -0.4 is 28.4 Å². The maximum absolute atomic E-state index is 5.93. The van der Waals surface area contributed by atoms with E-state index >= 15 is 0 Å². The molecule has 48 heavy (non-hydrogen) atoms. The van der Waals surface area contributed by atoms with E-state index < -0.39 is 0 Å². The molecule has 0 aromatic heterocycles. The Hall–Kier alpha value is -5.10. The number of hydrogen-bond donors (Lipinski definition) is 0. The van der Waals surface area contributed by atoms with Crippen LogP contribution in [0.5, 0.6) is 34.5 Å². The lowest BCUT2D eigenvalue weighted by Gasteiger charge is -2.27. The SMILES string of the molecule is COc1ccc(C(c2ccc(C(c3cc(C)c(OC)cc3C)c3cc(C)c(OC)cc3C)cc2)c2ccc(OC)cc2OC)c(OC)c1. The molecule has 6 heteroatoms. The van der Waals surface area contributed by atoms with Crippen LogP contribution in [-0.2, 0) is 0 Å². The quantitative estimate of drug-likeness (QED) is 0.126. The van der Waals surface area contributed by atoms with Crippen LogP contribution in [0.3, 0.4) is 0 Å². The van der Waals surface area contributed by atoms with E-state index in [2.05, 4.69) is 88.4 Å². The van der Waals surface area contributed by atoms with Gasteiger partial charge in [0.15, 0.2) is 0 Å². The zero-order valence-corrected chi connectivity index (χ0v) is 29.7. The molecule has 0 aliphatic heterocycles. The van der Waals surface area contributed by atoms with Crippen molar-refractivity contribution in [2.75, 3.05) is 42.7 Å². The summed E-state index contributed by atoms with van der Waals surface area (Å²) in [5, 5.41) is 0. The molecule has 0 atom stereocenters. The molecule has 5 aromatic carbocycles. The van der Waals surface area contributed by atoms with E-state index in [1.165, 1.54) is 27.8 Å². The lowest BCUT2D eigenvalue weighted by atomic mass is 9.78. The summed E-state index contributed by atoms with van der Waals surface area (Å²) in [7, 11) is 10.1. The van der Waals surface area contributed by atoms with Crippen LogP contribution in [0.15, 0.2) is 84.9 Å². The minimum atomic E-state index is -0.200. The van der Waals surface area contributed by atoms with Gasteiger partial charge in [-0.15, -0.1) is 0 Å². The first kappa shape index (κ1) is 34.2. The van der Waals surface area contributed by atoms with Crippen molar-refractivity contribution < 1.29 is 28.4 Å². The zero-order chi connectivity index (χ0) is 34.5. The number of ether oxygens (including phenoxy) is 6. The van der Waals surface area contributed by atoms with Crippen LogP contribution in [0.1, 0.15) is 67.5 Å². The molecule has 5 aromatic rings. The van der Waals surface area contributed by atoms with Crippen LogP contribution in [0, 0.1) is 27.7 Å². The van der Waals surface area contributed by atoms with E-state index in [1.54, 1.807) is 42.7 Å². The average molecular weight is 647 g/mol. The fraction of sp³-hybridized carbons (Fsp3) is 0.286. The van der Waals surface area contributed by atoms with E-state index in [0.29, 0.717) is 0 Å². The Kier molecular flexibility index (Phi) is 10.5. The molecule has 0 aliphatic rings. The predicted molar refractivity (Wildman–Crippen MR) is 192 cm³/mol. The van der Waals surface area contributed by atoms with Crippen LogP contribution in [0.2, 0.25) is 0 Å². The molecule has 5 rings (SSSR count). The fourth-order valence-corrected chi connectivity index (χ4v) is 6.73. The van der Waals surface area contributed by atoms with Gasteiger partial charge in [0.1, 0.15) is 34.5 Å². The topological polar surface area (TPSA) is 55.4 Å². The molecule has 0 saturated carbocycles. The molecule has 0 heterocycles. The first-order valence-electron chi connectivity index (χ1n) is 16.0. The number of benzene rings is 5. The van der Waals surface area contributed by atoms with Gasteiger partial charge in [-0.25, -0.2) is 0 Å². The van der Waals surface area contributed by atoms with Gasteiger partial charge in [-0.2, -0.15) is 0 Å². The molecule has 0 radical (unpaired) electrons. The minimum absolute atomic E-state index is 0.0160. The third-order valence-electron chi connectivity index (χ3n) is 9.30. The van der Waals surface area contributed by atoms with Crippen LogP contribution in [0.4, 0.5) is 0 Å². The maximum Gasteiger partial charge on any atom is 0.126 e. The lowest BCUT2D eigenvalue weighted by molar-refractivity contribution is 0.386. The Bertz CT molecular complexity index is 1780. The van der Waals surface area contributed by atoms with Gasteiger partial charge in [0.2, 0.25) is 0 Å². The van der Waals surface area contributed by atoms with Gasteiger partial charge in [0, 0.05) is 35.1 Å². The number of methoxy groups -OCH3 is 6. The standard InChI is InChI=1S/C42H46O6/c1-25-21-37(45-7)27(3)19-35(25)42(36-20-28(4)38(46-8)22-26(36)2)30-13-11-29(12-14-30)41(33-17-15-31(43-5)23-39(33)47-9)34-18-16-32(44-6)24-40(34)48-10/h11-24,41-42H,1-10H3. The fourth-order valence-electron chi connectivity index (χ4n) is 6.73. The van der Waals surface area contributed by atoms with Crippen molar-refractivity contribution in [3.63, 3.8) is 0 Å². The second kappa shape index (κ2) is 14.8. The monoisotopic (exact) mass is 646 g/mol. The van der Waals surface area contributed by atoms with E-state index in [-0.39, 0.29) is 11.8 Å². The number of rotatable bonds is 12. The molecule has 0 aliphatic carbocycles. The molecule has 6 nitrogen and oxygen atoms in total. The molecule has 0 unspecified atom stereocenters. The first-order chi connectivity index (χ1) is 23.2. The van der Waals surface area contributed by atoms with Crippen molar-refractivity contribution in [2.45, 2.75) is 39.5 Å². The largest absolute Gasteiger partial charge is 0.497 e. The van der Waals surface area contributed by atoms with Gasteiger partial charge in [-0.05, 0) is 96.5 Å². The van der Waals surface area contributed by atoms with Gasteiger partial charge >= 0.3 is 0 Å². The summed E-state index contributed by atoms with van der Waals surface area (Å²) in [6, 6.07) is 29.6. The molecule has 0 amide bonds. The Balaban J connectivity index is 1.72. The predicted octanol–water partition coefficient (Wildman–Crippen LogP) is 9.33. The molecule has 0 N–H and O–H groups in total. The first-order valence-corrected chi connectivity index (χ1v) is 16.0. The van der Waals surface area contributed by atoms with Gasteiger partial charge < -0.3 is 28.4 Å². The van der Waals surface area contributed by atoms with E-state index in [1.807, 2.05) is 24.3 Å². The van der Waals surface area contributed by atoms with Gasteiger partial charge in [0.05, 0.1) is 42.7 Å². The highest BCUT2D eigenvalue weighted by molar-refractivity contribution is 5.59. The Morgan fingerprint density at radius 3 is 1.02 bits per heavy atom. The molecule has 250 valence electrons. The summed E-state index contributed by atoms with van der Waals surface area (Å²) < 4.78 is 34.3. The van der Waals surface area contributed by atoms with Crippen molar-refractivity contribution in [3.8, 4) is 34.5 Å². The maximum atomic E-state index is 5.93. The summed E-state index contributed by atoms with van der Waals surface area (Å²) in [5.41, 5.74) is 11.3. The molecular weight excluding hydrogens is 600 g/mol. The summed E-state index contributed by atoms with van der Waals surface area (Å²) >= 11 is 0. The van der Waals surface area contributed by atoms with Crippen LogP contribution in [-0.4, -0.2) is 42.7 Å². The second-order valence-electron chi connectivity index (χ2n) is 12.1. The van der Waals surface area contributed by atoms with Gasteiger partial charge in [0.25, 0.3) is 0 Å². The Labute approximate surface area is 285 Å². The third kappa shape index (κ3) is 6.66.